The molecule has 0 radical (unpaired) electrons. The molecule has 0 spiro atoms. The zero-order chi connectivity index (χ0) is 15.7. The third-order valence-corrected chi connectivity index (χ3v) is 2.93. The Balaban J connectivity index is 2.81. The van der Waals surface area contributed by atoms with Gasteiger partial charge in [0.25, 0.3) is 0 Å². The molecular weight excluding hydrogens is 266 g/mol. The number of hydrogen-bond acceptors (Lipinski definition) is 5. The summed E-state index contributed by atoms with van der Waals surface area (Å²) >= 11 is 0. The van der Waals surface area contributed by atoms with E-state index < -0.39 is 0 Å². The van der Waals surface area contributed by atoms with Crippen molar-refractivity contribution in [1.82, 2.24) is 15.3 Å². The first kappa shape index (κ1) is 17.2. The molecule has 118 valence electrons. The lowest BCUT2D eigenvalue weighted by Crippen LogP contribution is -2.36. The highest BCUT2D eigenvalue weighted by Crippen LogP contribution is 2.15. The van der Waals surface area contributed by atoms with Crippen molar-refractivity contribution in [3.05, 3.63) is 11.9 Å². The summed E-state index contributed by atoms with van der Waals surface area (Å²) in [6.07, 6.45) is 2.77. The molecule has 2 N–H and O–H groups in total. The van der Waals surface area contributed by atoms with Crippen LogP contribution in [0.4, 0.5) is 11.6 Å². The van der Waals surface area contributed by atoms with Crippen LogP contribution in [0.5, 0.6) is 0 Å². The lowest BCUT2D eigenvalue weighted by Gasteiger charge is -2.19. The Morgan fingerprint density at radius 3 is 2.62 bits per heavy atom. The van der Waals surface area contributed by atoms with E-state index in [-0.39, 0.29) is 5.91 Å². The summed E-state index contributed by atoms with van der Waals surface area (Å²) < 4.78 is 0. The van der Waals surface area contributed by atoms with Gasteiger partial charge in [-0.15, -0.1) is 0 Å². The van der Waals surface area contributed by atoms with Crippen molar-refractivity contribution in [3.8, 4) is 0 Å². The maximum atomic E-state index is 11.8. The summed E-state index contributed by atoms with van der Waals surface area (Å²) in [5.41, 5.74) is 0. The van der Waals surface area contributed by atoms with Crippen LogP contribution in [0.15, 0.2) is 6.07 Å². The zero-order valence-corrected chi connectivity index (χ0v) is 13.6. The van der Waals surface area contributed by atoms with E-state index in [9.17, 15) is 4.79 Å². The molecule has 0 aliphatic carbocycles. The summed E-state index contributed by atoms with van der Waals surface area (Å²) in [5.74, 6) is 2.41. The second kappa shape index (κ2) is 9.15. The molecular formula is C15H27N5O. The first-order valence-electron chi connectivity index (χ1n) is 7.70. The van der Waals surface area contributed by atoms with Gasteiger partial charge in [0.05, 0.1) is 6.54 Å². The van der Waals surface area contributed by atoms with Crippen molar-refractivity contribution in [2.24, 2.45) is 0 Å². The van der Waals surface area contributed by atoms with Gasteiger partial charge in [0.2, 0.25) is 5.91 Å². The van der Waals surface area contributed by atoms with E-state index in [2.05, 4.69) is 27.5 Å². The van der Waals surface area contributed by atoms with Crippen LogP contribution in [0.2, 0.25) is 0 Å². The molecule has 0 aliphatic heterocycles. The number of likely N-dealkylation sites (N-methyl/N-ethyl adjacent to an activating group) is 1. The maximum absolute atomic E-state index is 11.8. The molecule has 0 fully saturated rings. The number of anilines is 2. The second-order valence-corrected chi connectivity index (χ2v) is 5.01. The number of aryl methyl sites for hydroxylation is 1. The number of aromatic nitrogens is 2. The Morgan fingerprint density at radius 2 is 2.00 bits per heavy atom. The first-order valence-corrected chi connectivity index (χ1v) is 7.70. The number of rotatable bonds is 9. The molecule has 1 heterocycles. The van der Waals surface area contributed by atoms with Crippen LogP contribution in [-0.2, 0) is 11.2 Å². The van der Waals surface area contributed by atoms with E-state index in [1.807, 2.05) is 31.9 Å². The van der Waals surface area contributed by atoms with Crippen LogP contribution < -0.4 is 15.5 Å². The highest BCUT2D eigenvalue weighted by atomic mass is 16.2. The SMILES string of the molecule is CCCNC(=O)CN(C)c1cc(NCC)nc(CCC)n1. The van der Waals surface area contributed by atoms with Crippen molar-refractivity contribution in [2.45, 2.75) is 40.0 Å². The number of hydrogen-bond donors (Lipinski definition) is 2. The third kappa shape index (κ3) is 5.97. The Labute approximate surface area is 127 Å². The average Bonchev–Trinajstić information content (AvgIpc) is 2.45. The quantitative estimate of drug-likeness (QED) is 0.727. The molecule has 1 aromatic heterocycles. The van der Waals surface area contributed by atoms with Crippen molar-refractivity contribution in [2.75, 3.05) is 36.9 Å². The molecule has 0 bridgehead atoms. The van der Waals surface area contributed by atoms with Crippen molar-refractivity contribution >= 4 is 17.5 Å². The van der Waals surface area contributed by atoms with Crippen molar-refractivity contribution < 1.29 is 4.79 Å². The van der Waals surface area contributed by atoms with Gasteiger partial charge >= 0.3 is 0 Å². The summed E-state index contributed by atoms with van der Waals surface area (Å²) in [6, 6.07) is 1.88. The molecule has 0 saturated heterocycles. The molecule has 0 aromatic carbocycles. The fraction of sp³-hybridized carbons (Fsp3) is 0.667. The second-order valence-electron chi connectivity index (χ2n) is 5.01. The molecule has 0 atom stereocenters. The highest BCUT2D eigenvalue weighted by molar-refractivity contribution is 5.80. The van der Waals surface area contributed by atoms with Gasteiger partial charge in [-0.2, -0.15) is 0 Å². The Bertz CT molecular complexity index is 425. The van der Waals surface area contributed by atoms with Gasteiger partial charge in [0.1, 0.15) is 17.5 Å². The standard InChI is InChI=1S/C15H27N5O/c1-5-8-12-18-13(16-7-3)10-14(19-12)20(4)11-15(21)17-9-6-2/h10H,5-9,11H2,1-4H3,(H,17,21)(H,16,18,19). The van der Waals surface area contributed by atoms with Gasteiger partial charge in [-0.1, -0.05) is 13.8 Å². The van der Waals surface area contributed by atoms with Crippen LogP contribution in [0.25, 0.3) is 0 Å². The van der Waals surface area contributed by atoms with E-state index in [4.69, 9.17) is 0 Å². The first-order chi connectivity index (χ1) is 10.1. The highest BCUT2D eigenvalue weighted by Gasteiger charge is 2.11. The third-order valence-electron chi connectivity index (χ3n) is 2.93. The minimum Gasteiger partial charge on any atom is -0.370 e. The number of carbonyl (C=O) groups is 1. The molecule has 1 amide bonds. The predicted molar refractivity (Wildman–Crippen MR) is 86.8 cm³/mol. The van der Waals surface area contributed by atoms with Gasteiger partial charge < -0.3 is 15.5 Å². The van der Waals surface area contributed by atoms with E-state index >= 15 is 0 Å². The summed E-state index contributed by atoms with van der Waals surface area (Å²) in [7, 11) is 1.87. The molecule has 6 heteroatoms. The van der Waals surface area contributed by atoms with Crippen LogP contribution in [0, 0.1) is 0 Å². The van der Waals surface area contributed by atoms with Crippen LogP contribution in [0.3, 0.4) is 0 Å². The Hall–Kier alpha value is -1.85. The Morgan fingerprint density at radius 1 is 1.24 bits per heavy atom. The summed E-state index contributed by atoms with van der Waals surface area (Å²) in [6.45, 7) is 7.99. The lowest BCUT2D eigenvalue weighted by atomic mass is 10.3. The topological polar surface area (TPSA) is 70.2 Å². The molecule has 0 aliphatic rings. The van der Waals surface area contributed by atoms with E-state index in [1.54, 1.807) is 0 Å². The largest absolute Gasteiger partial charge is 0.370 e. The molecule has 0 saturated carbocycles. The minimum absolute atomic E-state index is 0.0139. The van der Waals surface area contributed by atoms with E-state index in [0.29, 0.717) is 13.1 Å². The van der Waals surface area contributed by atoms with Crippen LogP contribution in [-0.4, -0.2) is 42.6 Å². The predicted octanol–water partition coefficient (Wildman–Crippen LogP) is 1.82. The lowest BCUT2D eigenvalue weighted by molar-refractivity contribution is -0.119. The number of nitrogens with one attached hydrogen (secondary N) is 2. The van der Waals surface area contributed by atoms with Gasteiger partial charge in [-0.25, -0.2) is 9.97 Å². The molecule has 1 rings (SSSR count). The fourth-order valence-corrected chi connectivity index (χ4v) is 1.90. The summed E-state index contributed by atoms with van der Waals surface area (Å²) in [5, 5.41) is 6.08. The normalized spacial score (nSPS) is 10.3. The smallest absolute Gasteiger partial charge is 0.239 e. The van der Waals surface area contributed by atoms with E-state index in [1.165, 1.54) is 0 Å². The van der Waals surface area contributed by atoms with Crippen molar-refractivity contribution in [1.29, 1.82) is 0 Å². The molecule has 1 aromatic rings. The maximum Gasteiger partial charge on any atom is 0.239 e. The monoisotopic (exact) mass is 293 g/mol. The van der Waals surface area contributed by atoms with Gasteiger partial charge in [0, 0.05) is 32.6 Å². The summed E-state index contributed by atoms with van der Waals surface area (Å²) in [4.78, 5) is 22.7. The average molecular weight is 293 g/mol. The Kier molecular flexibility index (Phi) is 7.50. The van der Waals surface area contributed by atoms with Gasteiger partial charge in [-0.05, 0) is 19.8 Å². The minimum atomic E-state index is 0.0139. The van der Waals surface area contributed by atoms with Crippen LogP contribution >= 0.6 is 0 Å². The fourth-order valence-electron chi connectivity index (χ4n) is 1.90. The number of carbonyl (C=O) groups excluding carboxylic acids is 1. The van der Waals surface area contributed by atoms with Crippen molar-refractivity contribution in [3.63, 3.8) is 0 Å². The molecule has 0 unspecified atom stereocenters. The number of amides is 1. The van der Waals surface area contributed by atoms with Gasteiger partial charge in [0.15, 0.2) is 0 Å². The molecule has 6 nitrogen and oxygen atoms in total. The number of nitrogens with zero attached hydrogens (tertiary/aromatic N) is 3. The van der Waals surface area contributed by atoms with Crippen LogP contribution in [0.1, 0.15) is 39.4 Å². The van der Waals surface area contributed by atoms with E-state index in [0.717, 1.165) is 43.3 Å². The molecule has 21 heavy (non-hydrogen) atoms. The van der Waals surface area contributed by atoms with Gasteiger partial charge in [-0.3, -0.25) is 4.79 Å². The zero-order valence-electron chi connectivity index (χ0n) is 13.6.